The highest BCUT2D eigenvalue weighted by atomic mass is 32.2. The molecule has 2 N–H and O–H groups in total. The van der Waals surface area contributed by atoms with Gasteiger partial charge < -0.3 is 10.0 Å². The molecule has 1 atom stereocenters. The standard InChI is InChI=1S/C14H22N4O5S/c1-7(2)9-6-17(8(3)4)13(21)10-11(19)12(20)15-14(18(9)10)16-24(5,22)23/h7-9,19H,6H2,1-5H3,(H,15,16,20)/t9-/m1/s1. The fourth-order valence-corrected chi connectivity index (χ4v) is 3.22. The molecule has 2 rings (SSSR count). The lowest BCUT2D eigenvalue weighted by molar-refractivity contribution is 0.0568. The molecule has 0 spiro atoms. The van der Waals surface area contributed by atoms with Crippen LogP contribution in [0.1, 0.15) is 44.2 Å². The molecule has 0 saturated carbocycles. The van der Waals surface area contributed by atoms with Crippen molar-refractivity contribution in [2.75, 3.05) is 17.5 Å². The summed E-state index contributed by atoms with van der Waals surface area (Å²) in [7, 11) is -3.72. The van der Waals surface area contributed by atoms with Crippen molar-refractivity contribution in [3.63, 3.8) is 0 Å². The number of fused-ring (bicyclic) bond motifs is 1. The van der Waals surface area contributed by atoms with Crippen molar-refractivity contribution < 1.29 is 18.3 Å². The summed E-state index contributed by atoms with van der Waals surface area (Å²) in [5.74, 6) is -1.56. The van der Waals surface area contributed by atoms with Gasteiger partial charge in [0.25, 0.3) is 5.91 Å². The average Bonchev–Trinajstić information content (AvgIpc) is 2.41. The van der Waals surface area contributed by atoms with Crippen LogP contribution in [-0.4, -0.2) is 52.7 Å². The first-order valence-electron chi connectivity index (χ1n) is 7.58. The third-order valence-electron chi connectivity index (χ3n) is 3.95. The van der Waals surface area contributed by atoms with Crippen molar-refractivity contribution in [2.24, 2.45) is 5.92 Å². The molecule has 0 aliphatic carbocycles. The van der Waals surface area contributed by atoms with E-state index < -0.39 is 27.2 Å². The van der Waals surface area contributed by atoms with E-state index in [-0.39, 0.29) is 29.6 Å². The van der Waals surface area contributed by atoms with Crippen LogP contribution >= 0.6 is 0 Å². The molecule has 0 saturated heterocycles. The molecule has 0 unspecified atom stereocenters. The summed E-state index contributed by atoms with van der Waals surface area (Å²) in [6.45, 7) is 7.79. The van der Waals surface area contributed by atoms with Crippen LogP contribution in [0, 0.1) is 5.92 Å². The zero-order valence-electron chi connectivity index (χ0n) is 14.3. The highest BCUT2D eigenvalue weighted by molar-refractivity contribution is 7.92. The Morgan fingerprint density at radius 2 is 1.83 bits per heavy atom. The quantitative estimate of drug-likeness (QED) is 0.802. The zero-order valence-corrected chi connectivity index (χ0v) is 15.1. The third-order valence-corrected chi connectivity index (χ3v) is 4.51. The van der Waals surface area contributed by atoms with Crippen molar-refractivity contribution in [1.82, 2.24) is 14.5 Å². The van der Waals surface area contributed by atoms with Crippen LogP contribution < -0.4 is 10.3 Å². The molecule has 10 heteroatoms. The number of carbonyl (C=O) groups is 1. The molecule has 1 aromatic heterocycles. The SMILES string of the molecule is CC(C)[C@H]1CN(C(C)C)C(=O)c2c(O)c(=O)nc(NS(C)(=O)=O)n21. The number of rotatable bonds is 4. The summed E-state index contributed by atoms with van der Waals surface area (Å²) in [5.41, 5.74) is -1.28. The predicted molar refractivity (Wildman–Crippen MR) is 88.7 cm³/mol. The van der Waals surface area contributed by atoms with Crippen LogP contribution in [0.25, 0.3) is 0 Å². The van der Waals surface area contributed by atoms with Crippen LogP contribution in [0.15, 0.2) is 4.79 Å². The molecule has 0 fully saturated rings. The summed E-state index contributed by atoms with van der Waals surface area (Å²) in [5, 5.41) is 10.1. The number of anilines is 1. The lowest BCUT2D eigenvalue weighted by Crippen LogP contribution is -2.49. The molecule has 1 aliphatic rings. The highest BCUT2D eigenvalue weighted by Crippen LogP contribution is 2.33. The lowest BCUT2D eigenvalue weighted by Gasteiger charge is -2.40. The summed E-state index contributed by atoms with van der Waals surface area (Å²) in [4.78, 5) is 29.8. The number of aromatic hydroxyl groups is 1. The van der Waals surface area contributed by atoms with Gasteiger partial charge in [0, 0.05) is 12.6 Å². The maximum absolute atomic E-state index is 12.7. The molecule has 1 aliphatic heterocycles. The van der Waals surface area contributed by atoms with Crippen LogP contribution in [0.3, 0.4) is 0 Å². The number of nitrogens with one attached hydrogen (secondary N) is 1. The summed E-state index contributed by atoms with van der Waals surface area (Å²) in [6.07, 6.45) is 0.925. The molecule has 0 radical (unpaired) electrons. The van der Waals surface area contributed by atoms with Gasteiger partial charge in [-0.25, -0.2) is 8.42 Å². The molecule has 2 heterocycles. The number of amides is 1. The number of aromatic nitrogens is 2. The molecule has 1 amide bonds. The van der Waals surface area contributed by atoms with E-state index in [1.165, 1.54) is 4.57 Å². The predicted octanol–water partition coefficient (Wildman–Crippen LogP) is 0.382. The Morgan fingerprint density at radius 1 is 1.25 bits per heavy atom. The first-order chi connectivity index (χ1) is 10.9. The Kier molecular flexibility index (Phi) is 4.62. The largest absolute Gasteiger partial charge is 0.501 e. The van der Waals surface area contributed by atoms with E-state index in [1.54, 1.807) is 4.90 Å². The van der Waals surface area contributed by atoms with E-state index in [9.17, 15) is 23.1 Å². The van der Waals surface area contributed by atoms with Crippen LogP contribution in [0.5, 0.6) is 5.75 Å². The minimum Gasteiger partial charge on any atom is -0.501 e. The minimum atomic E-state index is -3.72. The summed E-state index contributed by atoms with van der Waals surface area (Å²) < 4.78 is 26.7. The minimum absolute atomic E-state index is 0.00177. The highest BCUT2D eigenvalue weighted by Gasteiger charge is 2.38. The van der Waals surface area contributed by atoms with Gasteiger partial charge in [0.05, 0.1) is 12.3 Å². The van der Waals surface area contributed by atoms with Gasteiger partial charge in [-0.05, 0) is 19.8 Å². The van der Waals surface area contributed by atoms with Gasteiger partial charge in [-0.3, -0.25) is 18.9 Å². The normalized spacial score (nSPS) is 18.2. The van der Waals surface area contributed by atoms with Crippen molar-refractivity contribution in [2.45, 2.75) is 39.8 Å². The Morgan fingerprint density at radius 3 is 2.29 bits per heavy atom. The molecule has 134 valence electrons. The van der Waals surface area contributed by atoms with Crippen LogP contribution in [-0.2, 0) is 10.0 Å². The first kappa shape index (κ1) is 18.2. The van der Waals surface area contributed by atoms with E-state index in [2.05, 4.69) is 9.71 Å². The molecule has 0 aromatic carbocycles. The van der Waals surface area contributed by atoms with Crippen molar-refractivity contribution in [3.8, 4) is 5.75 Å². The third kappa shape index (κ3) is 3.23. The van der Waals surface area contributed by atoms with Gasteiger partial charge in [0.1, 0.15) is 0 Å². The summed E-state index contributed by atoms with van der Waals surface area (Å²) in [6, 6.07) is -0.482. The maximum atomic E-state index is 12.7. The van der Waals surface area contributed by atoms with E-state index in [0.717, 1.165) is 6.26 Å². The Bertz CT molecular complexity index is 828. The molecule has 0 bridgehead atoms. The van der Waals surface area contributed by atoms with Gasteiger partial charge >= 0.3 is 5.56 Å². The Hall–Kier alpha value is -2.10. The van der Waals surface area contributed by atoms with Crippen molar-refractivity contribution >= 4 is 21.9 Å². The van der Waals surface area contributed by atoms with Crippen molar-refractivity contribution in [1.29, 1.82) is 0 Å². The molecule has 1 aromatic rings. The molecule has 9 nitrogen and oxygen atoms in total. The fraction of sp³-hybridized carbons (Fsp3) is 0.643. The van der Waals surface area contributed by atoms with E-state index >= 15 is 0 Å². The van der Waals surface area contributed by atoms with Crippen LogP contribution in [0.2, 0.25) is 0 Å². The Labute approximate surface area is 140 Å². The first-order valence-corrected chi connectivity index (χ1v) is 9.47. The van der Waals surface area contributed by atoms with Gasteiger partial charge in [-0.2, -0.15) is 4.98 Å². The van der Waals surface area contributed by atoms with Crippen molar-refractivity contribution in [3.05, 3.63) is 16.0 Å². The smallest absolute Gasteiger partial charge is 0.317 e. The monoisotopic (exact) mass is 358 g/mol. The summed E-state index contributed by atoms with van der Waals surface area (Å²) >= 11 is 0. The van der Waals surface area contributed by atoms with Gasteiger partial charge in [0.2, 0.25) is 21.7 Å². The fourth-order valence-electron chi connectivity index (χ4n) is 2.75. The molecule has 24 heavy (non-hydrogen) atoms. The zero-order chi connectivity index (χ0) is 18.4. The van der Waals surface area contributed by atoms with Gasteiger partial charge in [0.15, 0.2) is 5.69 Å². The second-order valence-corrected chi connectivity index (χ2v) is 8.29. The number of nitrogens with zero attached hydrogens (tertiary/aromatic N) is 3. The van der Waals surface area contributed by atoms with Gasteiger partial charge in [-0.1, -0.05) is 13.8 Å². The molecular weight excluding hydrogens is 336 g/mol. The number of carbonyl (C=O) groups excluding carboxylic acids is 1. The van der Waals surface area contributed by atoms with E-state index in [1.807, 2.05) is 27.7 Å². The van der Waals surface area contributed by atoms with Crippen LogP contribution in [0.4, 0.5) is 5.95 Å². The molecular formula is C14H22N4O5S. The van der Waals surface area contributed by atoms with E-state index in [0.29, 0.717) is 6.54 Å². The van der Waals surface area contributed by atoms with E-state index in [4.69, 9.17) is 0 Å². The number of hydrogen-bond donors (Lipinski definition) is 2. The maximum Gasteiger partial charge on any atom is 0.317 e. The van der Waals surface area contributed by atoms with Gasteiger partial charge in [-0.15, -0.1) is 0 Å². The lowest BCUT2D eigenvalue weighted by atomic mass is 9.99. The number of sulfonamides is 1. The Balaban J connectivity index is 2.81. The topological polar surface area (TPSA) is 122 Å². The second kappa shape index (κ2) is 6.08. The average molecular weight is 358 g/mol. The number of hydrogen-bond acceptors (Lipinski definition) is 6. The second-order valence-electron chi connectivity index (χ2n) is 6.54.